The van der Waals surface area contributed by atoms with E-state index in [2.05, 4.69) is 67.4 Å². The maximum Gasteiger partial charge on any atom is 0.0305 e. The lowest BCUT2D eigenvalue weighted by molar-refractivity contribution is 1.09. The molecule has 0 unspecified atom stereocenters. The van der Waals surface area contributed by atoms with Crippen LogP contribution in [0.2, 0.25) is 0 Å². The van der Waals surface area contributed by atoms with E-state index in [1.165, 1.54) is 22.3 Å². The molecule has 2 rings (SSSR count). The van der Waals surface area contributed by atoms with Crippen molar-refractivity contribution in [3.8, 4) is 0 Å². The normalized spacial score (nSPS) is 12.0. The van der Waals surface area contributed by atoms with E-state index in [0.29, 0.717) is 0 Å². The molecule has 96 valence electrons. The monoisotopic (exact) mass is 249 g/mol. The van der Waals surface area contributed by atoms with Gasteiger partial charge in [0.15, 0.2) is 0 Å². The molecule has 0 aliphatic rings. The van der Waals surface area contributed by atoms with Gasteiger partial charge in [-0.2, -0.15) is 0 Å². The van der Waals surface area contributed by atoms with Gasteiger partial charge in [0.25, 0.3) is 0 Å². The van der Waals surface area contributed by atoms with E-state index in [0.717, 1.165) is 6.42 Å². The van der Waals surface area contributed by atoms with Crippen LogP contribution in [0.15, 0.2) is 60.4 Å². The SMILES string of the molecule is CCc1cnccc1/C=C(C)\C=C\c1ccccc1. The number of hydrogen-bond donors (Lipinski definition) is 0. The minimum atomic E-state index is 1.01. The fraction of sp³-hybridized carbons (Fsp3) is 0.167. The smallest absolute Gasteiger partial charge is 0.0305 e. The largest absolute Gasteiger partial charge is 0.264 e. The Labute approximate surface area is 115 Å². The molecule has 2 aromatic rings. The Morgan fingerprint density at radius 2 is 1.95 bits per heavy atom. The second-order valence-electron chi connectivity index (χ2n) is 4.56. The molecule has 0 aliphatic carbocycles. The molecule has 0 radical (unpaired) electrons. The van der Waals surface area contributed by atoms with Gasteiger partial charge in [-0.05, 0) is 36.1 Å². The quantitative estimate of drug-likeness (QED) is 0.712. The highest BCUT2D eigenvalue weighted by Gasteiger charge is 1.96. The molecule has 0 aliphatic heterocycles. The van der Waals surface area contributed by atoms with Crippen molar-refractivity contribution >= 4 is 12.2 Å². The Bertz CT molecular complexity index is 580. The minimum absolute atomic E-state index is 1.01. The van der Waals surface area contributed by atoms with Gasteiger partial charge in [0.05, 0.1) is 0 Å². The molecule has 0 saturated heterocycles. The van der Waals surface area contributed by atoms with Crippen molar-refractivity contribution in [2.45, 2.75) is 20.3 Å². The summed E-state index contributed by atoms with van der Waals surface area (Å²) in [4.78, 5) is 4.17. The minimum Gasteiger partial charge on any atom is -0.264 e. The van der Waals surface area contributed by atoms with Crippen LogP contribution in [0.3, 0.4) is 0 Å². The molecule has 1 aromatic heterocycles. The molecule has 0 spiro atoms. The summed E-state index contributed by atoms with van der Waals surface area (Å²) in [6, 6.07) is 12.4. The lowest BCUT2D eigenvalue weighted by atomic mass is 10.1. The number of hydrogen-bond acceptors (Lipinski definition) is 1. The first-order valence-corrected chi connectivity index (χ1v) is 6.64. The van der Waals surface area contributed by atoms with Crippen LogP contribution in [-0.4, -0.2) is 4.98 Å². The Kier molecular flexibility index (Phi) is 4.68. The first kappa shape index (κ1) is 13.3. The topological polar surface area (TPSA) is 12.9 Å². The van der Waals surface area contributed by atoms with Crippen LogP contribution >= 0.6 is 0 Å². The van der Waals surface area contributed by atoms with Crippen molar-refractivity contribution in [2.75, 3.05) is 0 Å². The molecular formula is C18H19N. The van der Waals surface area contributed by atoms with Gasteiger partial charge in [0.2, 0.25) is 0 Å². The maximum atomic E-state index is 4.17. The first-order valence-electron chi connectivity index (χ1n) is 6.64. The van der Waals surface area contributed by atoms with Crippen molar-refractivity contribution in [2.24, 2.45) is 0 Å². The summed E-state index contributed by atoms with van der Waals surface area (Å²) in [7, 11) is 0. The van der Waals surface area contributed by atoms with Crippen LogP contribution in [0.4, 0.5) is 0 Å². The van der Waals surface area contributed by atoms with Gasteiger partial charge in [-0.1, -0.05) is 61.1 Å². The van der Waals surface area contributed by atoms with Gasteiger partial charge in [-0.25, -0.2) is 0 Å². The van der Waals surface area contributed by atoms with Gasteiger partial charge < -0.3 is 0 Å². The molecule has 19 heavy (non-hydrogen) atoms. The molecule has 1 heterocycles. The molecule has 0 amide bonds. The summed E-state index contributed by atoms with van der Waals surface area (Å²) in [5, 5.41) is 0. The first-order chi connectivity index (χ1) is 9.29. The average molecular weight is 249 g/mol. The fourth-order valence-electron chi connectivity index (χ4n) is 1.96. The molecule has 0 bridgehead atoms. The van der Waals surface area contributed by atoms with Crippen LogP contribution in [0, 0.1) is 0 Å². The van der Waals surface area contributed by atoms with E-state index in [4.69, 9.17) is 0 Å². The van der Waals surface area contributed by atoms with Crippen LogP contribution < -0.4 is 0 Å². The third-order valence-corrected chi connectivity index (χ3v) is 3.04. The number of aromatic nitrogens is 1. The number of benzene rings is 1. The highest BCUT2D eigenvalue weighted by molar-refractivity contribution is 5.62. The van der Waals surface area contributed by atoms with Crippen molar-refractivity contribution in [1.82, 2.24) is 4.98 Å². The lowest BCUT2D eigenvalue weighted by Gasteiger charge is -2.02. The van der Waals surface area contributed by atoms with E-state index in [-0.39, 0.29) is 0 Å². The second-order valence-corrected chi connectivity index (χ2v) is 4.56. The molecular weight excluding hydrogens is 230 g/mol. The Morgan fingerprint density at radius 3 is 2.68 bits per heavy atom. The van der Waals surface area contributed by atoms with E-state index < -0.39 is 0 Å². The summed E-state index contributed by atoms with van der Waals surface area (Å²) in [5.41, 5.74) is 5.01. The zero-order valence-corrected chi connectivity index (χ0v) is 11.5. The van der Waals surface area contributed by atoms with Crippen molar-refractivity contribution in [3.05, 3.63) is 77.1 Å². The summed E-state index contributed by atoms with van der Waals surface area (Å²) >= 11 is 0. The van der Waals surface area contributed by atoms with Gasteiger partial charge in [-0.3, -0.25) is 4.98 Å². The zero-order valence-electron chi connectivity index (χ0n) is 11.5. The van der Waals surface area contributed by atoms with Crippen LogP contribution in [0.5, 0.6) is 0 Å². The van der Waals surface area contributed by atoms with E-state index in [9.17, 15) is 0 Å². The fourth-order valence-corrected chi connectivity index (χ4v) is 1.96. The summed E-state index contributed by atoms with van der Waals surface area (Å²) in [6.45, 7) is 4.28. The van der Waals surface area contributed by atoms with Crippen LogP contribution in [-0.2, 0) is 6.42 Å². The molecule has 1 aromatic carbocycles. The van der Waals surface area contributed by atoms with Gasteiger partial charge in [0, 0.05) is 12.4 Å². The molecule has 0 fully saturated rings. The standard InChI is InChI=1S/C18H19N/c1-3-17-14-19-12-11-18(17)13-15(2)9-10-16-7-5-4-6-8-16/h4-14H,3H2,1-2H3/b10-9+,15-13-. The van der Waals surface area contributed by atoms with Gasteiger partial charge in [-0.15, -0.1) is 0 Å². The van der Waals surface area contributed by atoms with E-state index in [1.54, 1.807) is 0 Å². The van der Waals surface area contributed by atoms with Gasteiger partial charge >= 0.3 is 0 Å². The van der Waals surface area contributed by atoms with Crippen molar-refractivity contribution < 1.29 is 0 Å². The molecule has 1 heteroatoms. The molecule has 0 atom stereocenters. The van der Waals surface area contributed by atoms with Gasteiger partial charge in [0.1, 0.15) is 0 Å². The van der Waals surface area contributed by atoms with Crippen molar-refractivity contribution in [3.63, 3.8) is 0 Å². The summed E-state index contributed by atoms with van der Waals surface area (Å²) in [6.07, 6.45) is 11.3. The number of allylic oxidation sites excluding steroid dienone is 2. The number of nitrogens with zero attached hydrogens (tertiary/aromatic N) is 1. The Morgan fingerprint density at radius 1 is 1.16 bits per heavy atom. The number of pyridine rings is 1. The highest BCUT2D eigenvalue weighted by Crippen LogP contribution is 2.14. The molecule has 1 nitrogen and oxygen atoms in total. The third-order valence-electron chi connectivity index (χ3n) is 3.04. The van der Waals surface area contributed by atoms with Crippen LogP contribution in [0.1, 0.15) is 30.5 Å². The van der Waals surface area contributed by atoms with E-state index >= 15 is 0 Å². The zero-order chi connectivity index (χ0) is 13.5. The summed E-state index contributed by atoms with van der Waals surface area (Å²) in [5.74, 6) is 0. The van der Waals surface area contributed by atoms with E-state index in [1.807, 2.05) is 18.5 Å². The summed E-state index contributed by atoms with van der Waals surface area (Å²) < 4.78 is 0. The molecule has 0 saturated carbocycles. The highest BCUT2D eigenvalue weighted by atomic mass is 14.6. The predicted octanol–water partition coefficient (Wildman–Crippen LogP) is 4.76. The maximum absolute atomic E-state index is 4.17. The average Bonchev–Trinajstić information content (AvgIpc) is 2.47. The number of aryl methyl sites for hydroxylation is 1. The van der Waals surface area contributed by atoms with Crippen molar-refractivity contribution in [1.29, 1.82) is 0 Å². The third kappa shape index (κ3) is 3.92. The molecule has 0 N–H and O–H groups in total. The predicted molar refractivity (Wildman–Crippen MR) is 82.7 cm³/mol. The lowest BCUT2D eigenvalue weighted by Crippen LogP contribution is -1.87. The second kappa shape index (κ2) is 6.69. The Balaban J connectivity index is 2.17. The Hall–Kier alpha value is -2.15. The number of rotatable bonds is 4. The van der Waals surface area contributed by atoms with Crippen LogP contribution in [0.25, 0.3) is 12.2 Å².